The van der Waals surface area contributed by atoms with Gasteiger partial charge in [0.1, 0.15) is 5.25 Å². The highest BCUT2D eigenvalue weighted by atomic mass is 32.2. The van der Waals surface area contributed by atoms with Crippen molar-refractivity contribution in [2.75, 3.05) is 16.0 Å². The Morgan fingerprint density at radius 2 is 1.29 bits per heavy atom. The van der Waals surface area contributed by atoms with E-state index in [0.29, 0.717) is 5.11 Å². The zero-order chi connectivity index (χ0) is 23.8. The van der Waals surface area contributed by atoms with Gasteiger partial charge in [0.15, 0.2) is 5.11 Å². The summed E-state index contributed by atoms with van der Waals surface area (Å²) in [5, 5.41) is 9.55. The molecule has 4 aromatic rings. The minimum atomic E-state index is -0.410. The smallest absolute Gasteiger partial charge is 0.242 e. The molecule has 34 heavy (non-hydrogen) atoms. The fraction of sp³-hybridized carbons (Fsp3) is 0.0714. The summed E-state index contributed by atoms with van der Waals surface area (Å²) in [6, 6.07) is 35.3. The third kappa shape index (κ3) is 6.70. The van der Waals surface area contributed by atoms with Gasteiger partial charge in [-0.15, -0.1) is 11.8 Å². The number of carbonyl (C=O) groups excluding carboxylic acids is 1. The molecule has 6 heteroatoms. The Morgan fingerprint density at radius 1 is 0.706 bits per heavy atom. The van der Waals surface area contributed by atoms with Crippen LogP contribution in [0.2, 0.25) is 0 Å². The molecule has 4 aromatic carbocycles. The molecule has 0 heterocycles. The summed E-state index contributed by atoms with van der Waals surface area (Å²) in [5.41, 5.74) is 4.64. The third-order valence-corrected chi connectivity index (χ3v) is 6.49. The Labute approximate surface area is 209 Å². The molecular weight excluding hydrogens is 458 g/mol. The van der Waals surface area contributed by atoms with Crippen molar-refractivity contribution in [2.45, 2.75) is 17.1 Å². The largest absolute Gasteiger partial charge is 0.332 e. The van der Waals surface area contributed by atoms with Crippen molar-refractivity contribution in [3.8, 4) is 0 Å². The Morgan fingerprint density at radius 3 is 2.00 bits per heavy atom. The van der Waals surface area contributed by atoms with Crippen LogP contribution in [0.4, 0.5) is 17.1 Å². The first-order valence-corrected chi connectivity index (χ1v) is 12.2. The first-order chi connectivity index (χ1) is 16.6. The molecule has 0 saturated carbocycles. The number of rotatable bonds is 7. The fourth-order valence-corrected chi connectivity index (χ4v) is 4.66. The molecule has 4 nitrogen and oxygen atoms in total. The molecule has 0 aromatic heterocycles. The summed E-state index contributed by atoms with van der Waals surface area (Å²) in [5.74, 6) is -0.0697. The standard InChI is InChI=1S/C28H25N3OS2/c1-20-15-17-23(18-16-20)29-27(32)26(21-9-4-2-5-10-21)34-25-14-8-13-24(19-25)31-28(33)30-22-11-6-3-7-12-22/h2-19,26H,1H3,(H,29,32)(H2,30,31,33). The van der Waals surface area contributed by atoms with Gasteiger partial charge >= 0.3 is 0 Å². The van der Waals surface area contributed by atoms with Crippen molar-refractivity contribution in [3.05, 3.63) is 120 Å². The fourth-order valence-electron chi connectivity index (χ4n) is 3.34. The molecule has 0 aliphatic heterocycles. The second-order valence-electron chi connectivity index (χ2n) is 7.74. The van der Waals surface area contributed by atoms with E-state index in [1.54, 1.807) is 0 Å². The lowest BCUT2D eigenvalue weighted by Crippen LogP contribution is -2.19. The molecule has 1 amide bonds. The van der Waals surface area contributed by atoms with Crippen LogP contribution in [0.3, 0.4) is 0 Å². The Kier molecular flexibility index (Phi) is 7.96. The zero-order valence-electron chi connectivity index (χ0n) is 18.7. The topological polar surface area (TPSA) is 53.2 Å². The van der Waals surface area contributed by atoms with Crippen LogP contribution in [-0.4, -0.2) is 11.0 Å². The van der Waals surface area contributed by atoms with Crippen LogP contribution in [0.25, 0.3) is 0 Å². The highest BCUT2D eigenvalue weighted by Gasteiger charge is 2.22. The molecule has 0 spiro atoms. The van der Waals surface area contributed by atoms with Gasteiger partial charge in [0.25, 0.3) is 0 Å². The molecule has 0 saturated heterocycles. The van der Waals surface area contributed by atoms with Crippen molar-refractivity contribution in [1.29, 1.82) is 0 Å². The van der Waals surface area contributed by atoms with Gasteiger partial charge in [-0.25, -0.2) is 0 Å². The molecule has 0 radical (unpaired) electrons. The minimum absolute atomic E-state index is 0.0697. The Bertz CT molecular complexity index is 1250. The molecule has 0 aliphatic carbocycles. The van der Waals surface area contributed by atoms with Gasteiger partial charge in [-0.05, 0) is 67.2 Å². The Hall–Kier alpha value is -3.61. The van der Waals surface area contributed by atoms with E-state index in [2.05, 4.69) is 16.0 Å². The molecule has 0 fully saturated rings. The number of anilines is 3. The van der Waals surface area contributed by atoms with Crippen molar-refractivity contribution < 1.29 is 4.79 Å². The summed E-state index contributed by atoms with van der Waals surface area (Å²) in [4.78, 5) is 14.2. The average molecular weight is 484 g/mol. The van der Waals surface area contributed by atoms with E-state index >= 15 is 0 Å². The number of aryl methyl sites for hydroxylation is 1. The van der Waals surface area contributed by atoms with Crippen molar-refractivity contribution in [3.63, 3.8) is 0 Å². The second-order valence-corrected chi connectivity index (χ2v) is 9.32. The molecule has 3 N–H and O–H groups in total. The van der Waals surface area contributed by atoms with Gasteiger partial charge in [0.2, 0.25) is 5.91 Å². The maximum Gasteiger partial charge on any atom is 0.242 e. The first-order valence-electron chi connectivity index (χ1n) is 10.9. The quantitative estimate of drug-likeness (QED) is 0.191. The van der Waals surface area contributed by atoms with E-state index in [9.17, 15) is 4.79 Å². The lowest BCUT2D eigenvalue weighted by molar-refractivity contribution is -0.115. The molecule has 0 aliphatic rings. The number of para-hydroxylation sites is 1. The van der Waals surface area contributed by atoms with Gasteiger partial charge in [0, 0.05) is 22.0 Å². The van der Waals surface area contributed by atoms with Crippen LogP contribution in [-0.2, 0) is 4.79 Å². The minimum Gasteiger partial charge on any atom is -0.332 e. The second kappa shape index (κ2) is 11.5. The molecule has 1 atom stereocenters. The van der Waals surface area contributed by atoms with Crippen molar-refractivity contribution >= 4 is 52.1 Å². The van der Waals surface area contributed by atoms with Crippen LogP contribution < -0.4 is 16.0 Å². The van der Waals surface area contributed by atoms with Gasteiger partial charge in [-0.3, -0.25) is 4.79 Å². The summed E-state index contributed by atoms with van der Waals surface area (Å²) >= 11 is 6.96. The predicted octanol–water partition coefficient (Wildman–Crippen LogP) is 7.28. The first kappa shape index (κ1) is 23.5. The van der Waals surface area contributed by atoms with Gasteiger partial charge in [-0.2, -0.15) is 0 Å². The van der Waals surface area contributed by atoms with E-state index in [-0.39, 0.29) is 5.91 Å². The van der Waals surface area contributed by atoms with Crippen molar-refractivity contribution in [2.24, 2.45) is 0 Å². The average Bonchev–Trinajstić information content (AvgIpc) is 2.85. The highest BCUT2D eigenvalue weighted by molar-refractivity contribution is 8.00. The molecule has 170 valence electrons. The summed E-state index contributed by atoms with van der Waals surface area (Å²) in [7, 11) is 0. The van der Waals surface area contributed by atoms with Crippen LogP contribution in [0.1, 0.15) is 16.4 Å². The maximum absolute atomic E-state index is 13.3. The number of hydrogen-bond acceptors (Lipinski definition) is 3. The van der Waals surface area contributed by atoms with Crippen LogP contribution >= 0.6 is 24.0 Å². The monoisotopic (exact) mass is 483 g/mol. The SMILES string of the molecule is Cc1ccc(NC(=O)C(Sc2cccc(NC(=S)Nc3ccccc3)c2)c2ccccc2)cc1. The van der Waals surface area contributed by atoms with Gasteiger partial charge in [0.05, 0.1) is 0 Å². The summed E-state index contributed by atoms with van der Waals surface area (Å²) in [6.45, 7) is 2.02. The molecule has 4 rings (SSSR count). The number of carbonyl (C=O) groups is 1. The number of thioether (sulfide) groups is 1. The van der Waals surface area contributed by atoms with E-state index in [1.807, 2.05) is 116 Å². The normalized spacial score (nSPS) is 11.3. The van der Waals surface area contributed by atoms with Gasteiger partial charge < -0.3 is 16.0 Å². The maximum atomic E-state index is 13.3. The lowest BCUT2D eigenvalue weighted by Gasteiger charge is -2.18. The molecule has 1 unspecified atom stereocenters. The molecule has 0 bridgehead atoms. The number of nitrogens with one attached hydrogen (secondary N) is 3. The number of amides is 1. The lowest BCUT2D eigenvalue weighted by atomic mass is 10.1. The van der Waals surface area contributed by atoms with E-state index in [4.69, 9.17) is 12.2 Å². The van der Waals surface area contributed by atoms with Crippen LogP contribution in [0, 0.1) is 6.92 Å². The van der Waals surface area contributed by atoms with E-state index in [1.165, 1.54) is 11.8 Å². The Balaban J connectivity index is 1.49. The van der Waals surface area contributed by atoms with Crippen LogP contribution in [0.5, 0.6) is 0 Å². The zero-order valence-corrected chi connectivity index (χ0v) is 20.3. The highest BCUT2D eigenvalue weighted by Crippen LogP contribution is 2.37. The number of hydrogen-bond donors (Lipinski definition) is 3. The van der Waals surface area contributed by atoms with Crippen molar-refractivity contribution in [1.82, 2.24) is 0 Å². The summed E-state index contributed by atoms with van der Waals surface area (Å²) < 4.78 is 0. The van der Waals surface area contributed by atoms with E-state index < -0.39 is 5.25 Å². The molecular formula is C28H25N3OS2. The predicted molar refractivity (Wildman–Crippen MR) is 148 cm³/mol. The van der Waals surface area contributed by atoms with E-state index in [0.717, 1.165) is 33.1 Å². The van der Waals surface area contributed by atoms with Crippen LogP contribution in [0.15, 0.2) is 114 Å². The van der Waals surface area contributed by atoms with Gasteiger partial charge in [-0.1, -0.05) is 72.3 Å². The summed E-state index contributed by atoms with van der Waals surface area (Å²) in [6.07, 6.45) is 0. The number of benzene rings is 4. The third-order valence-electron chi connectivity index (χ3n) is 5.04. The number of thiocarbonyl (C=S) groups is 1.